The Balaban J connectivity index is 0.000000165. The monoisotopic (exact) mass is 1130 g/mol. The van der Waals surface area contributed by atoms with Crippen molar-refractivity contribution in [1.82, 2.24) is 0 Å². The maximum Gasteiger partial charge on any atom is 0.134 e. The van der Waals surface area contributed by atoms with Crippen LogP contribution < -0.4 is 0 Å². The van der Waals surface area contributed by atoms with Crippen molar-refractivity contribution in [3.63, 3.8) is 0 Å². The summed E-state index contributed by atoms with van der Waals surface area (Å²) in [6.07, 6.45) is 0. The van der Waals surface area contributed by atoms with Crippen molar-refractivity contribution in [3.8, 4) is 55.6 Å². The van der Waals surface area contributed by atoms with E-state index in [1.54, 1.807) is 51.1 Å². The molecular formula is C70H58F12. The Kier molecular flexibility index (Phi) is 21.1. The molecule has 0 amide bonds. The number of hydrogen-bond donors (Lipinski definition) is 0. The number of benzene rings is 10. The average molecular weight is 1130 g/mol. The van der Waals surface area contributed by atoms with E-state index in [2.05, 4.69) is 0 Å². The topological polar surface area (TPSA) is 0 Å². The molecule has 0 atom stereocenters. The van der Waals surface area contributed by atoms with Crippen molar-refractivity contribution in [2.24, 2.45) is 0 Å². The van der Waals surface area contributed by atoms with E-state index in [0.29, 0.717) is 33.4 Å². The van der Waals surface area contributed by atoms with E-state index in [1.807, 2.05) is 87.5 Å². The van der Waals surface area contributed by atoms with Gasteiger partial charge in [-0.25, -0.2) is 52.7 Å². The first-order chi connectivity index (χ1) is 38.7. The molecule has 0 aliphatic rings. The van der Waals surface area contributed by atoms with Crippen LogP contribution in [0.15, 0.2) is 170 Å². The summed E-state index contributed by atoms with van der Waals surface area (Å²) >= 11 is 0. The van der Waals surface area contributed by atoms with E-state index in [9.17, 15) is 52.7 Å². The van der Waals surface area contributed by atoms with Gasteiger partial charge in [0.05, 0.1) is 5.56 Å². The Morgan fingerprint density at radius 3 is 0.841 bits per heavy atom. The lowest BCUT2D eigenvalue weighted by molar-refractivity contribution is 0.565. The van der Waals surface area contributed by atoms with Gasteiger partial charge in [0.1, 0.15) is 69.8 Å². The average Bonchev–Trinajstić information content (AvgIpc) is 3.59. The third-order valence-corrected chi connectivity index (χ3v) is 13.3. The van der Waals surface area contributed by atoms with Crippen molar-refractivity contribution in [3.05, 3.63) is 295 Å². The molecule has 0 N–H and O–H groups in total. The Bertz CT molecular complexity index is 3790. The molecule has 0 heterocycles. The Labute approximate surface area is 471 Å². The molecule has 0 spiro atoms. The van der Waals surface area contributed by atoms with Crippen LogP contribution in [0.25, 0.3) is 55.6 Å². The zero-order valence-electron chi connectivity index (χ0n) is 46.7. The molecule has 0 aliphatic heterocycles. The summed E-state index contributed by atoms with van der Waals surface area (Å²) in [7, 11) is 0. The molecule has 0 bridgehead atoms. The van der Waals surface area contributed by atoms with Gasteiger partial charge in [-0.1, -0.05) is 108 Å². The van der Waals surface area contributed by atoms with Crippen LogP contribution in [0.2, 0.25) is 0 Å². The lowest BCUT2D eigenvalue weighted by Crippen LogP contribution is -1.96. The molecule has 0 radical (unpaired) electrons. The van der Waals surface area contributed by atoms with E-state index in [0.717, 1.165) is 69.8 Å². The molecule has 0 aromatic heterocycles. The Hall–Kier alpha value is -8.64. The highest BCUT2D eigenvalue weighted by Crippen LogP contribution is 2.32. The van der Waals surface area contributed by atoms with Crippen LogP contribution >= 0.6 is 0 Å². The smallest absolute Gasteiger partial charge is 0.134 e. The number of aryl methyl sites for hydroxylation is 7. The molecule has 10 rings (SSSR count). The third-order valence-electron chi connectivity index (χ3n) is 13.3. The van der Waals surface area contributed by atoms with E-state index in [1.165, 1.54) is 69.7 Å². The van der Waals surface area contributed by atoms with Crippen LogP contribution in [0.1, 0.15) is 55.6 Å². The molecular weight excluding hydrogens is 1070 g/mol. The molecule has 0 nitrogen and oxygen atoms in total. The highest BCUT2D eigenvalue weighted by atomic mass is 19.2. The third kappa shape index (κ3) is 16.3. The summed E-state index contributed by atoms with van der Waals surface area (Å²) in [6.45, 7) is 16.6. The highest BCUT2D eigenvalue weighted by Gasteiger charge is 2.17. The first-order valence-corrected chi connectivity index (χ1v) is 25.7. The second-order valence-electron chi connectivity index (χ2n) is 19.9. The molecule has 12 heteroatoms. The number of rotatable bonds is 5. The fourth-order valence-electron chi connectivity index (χ4n) is 8.11. The number of hydrogen-bond acceptors (Lipinski definition) is 0. The summed E-state index contributed by atoms with van der Waals surface area (Å²) in [5, 5.41) is 0. The zero-order valence-corrected chi connectivity index (χ0v) is 46.7. The fourth-order valence-corrected chi connectivity index (χ4v) is 8.11. The van der Waals surface area contributed by atoms with Gasteiger partial charge in [-0.3, -0.25) is 0 Å². The van der Waals surface area contributed by atoms with Gasteiger partial charge in [0.15, 0.2) is 0 Å². The van der Waals surface area contributed by atoms with Crippen LogP contribution in [-0.4, -0.2) is 0 Å². The van der Waals surface area contributed by atoms with Crippen LogP contribution in [-0.2, 0) is 0 Å². The molecule has 0 fully saturated rings. The quantitative estimate of drug-likeness (QED) is 0.151. The lowest BCUT2D eigenvalue weighted by atomic mass is 10.0. The van der Waals surface area contributed by atoms with Gasteiger partial charge in [-0.15, -0.1) is 0 Å². The van der Waals surface area contributed by atoms with Crippen molar-refractivity contribution in [2.75, 3.05) is 0 Å². The largest absolute Gasteiger partial charge is 0.207 e. The molecule has 0 saturated carbocycles. The van der Waals surface area contributed by atoms with Gasteiger partial charge >= 0.3 is 0 Å². The first kappa shape index (κ1) is 62.6. The van der Waals surface area contributed by atoms with Gasteiger partial charge in [0.2, 0.25) is 0 Å². The maximum atomic E-state index is 13.7. The van der Waals surface area contributed by atoms with Crippen LogP contribution in [0.3, 0.4) is 0 Å². The molecule has 10 aromatic carbocycles. The van der Waals surface area contributed by atoms with E-state index in [4.69, 9.17) is 0 Å². The highest BCUT2D eigenvalue weighted by molar-refractivity contribution is 5.69. The van der Waals surface area contributed by atoms with Crippen molar-refractivity contribution in [1.29, 1.82) is 0 Å². The first-order valence-electron chi connectivity index (χ1n) is 25.7. The van der Waals surface area contributed by atoms with Crippen molar-refractivity contribution in [2.45, 2.75) is 69.2 Å². The summed E-state index contributed by atoms with van der Waals surface area (Å²) in [5.41, 5.74) is 9.68. The predicted molar refractivity (Wildman–Crippen MR) is 306 cm³/mol. The minimum atomic E-state index is -0.838. The second kappa shape index (κ2) is 27.7. The molecule has 422 valence electrons. The van der Waals surface area contributed by atoms with Gasteiger partial charge in [-0.2, -0.15) is 0 Å². The second-order valence-corrected chi connectivity index (χ2v) is 19.9. The van der Waals surface area contributed by atoms with Crippen molar-refractivity contribution < 1.29 is 52.7 Å². The van der Waals surface area contributed by atoms with E-state index in [-0.39, 0.29) is 50.8 Å². The lowest BCUT2D eigenvalue weighted by Gasteiger charge is -2.08. The molecule has 82 heavy (non-hydrogen) atoms. The minimum absolute atomic E-state index is 0.0544. The standard InChI is InChI=1S/C14H10F4.C14H11F3.2C14H12F2.C14H13F/c1-7-3-12(17)14(13(18)4-7)9-5-10(15)8(2)11(16)6-9;1-8-3-4-11(14(17)5-8)10-6-12(15)9(2)13(16)7-10;1-9-3-6-12(14(16)7-9)11-5-4-10(2)13(15)8-11;1-9-3-5-11(6-4-9)12-7-13(15)10(2)14(16)8-12;1-10-3-6-12(7-4-10)13-8-5-11(2)14(15)9-13/h3-6H,1-2H3;3-7H,1-2H3;2*3-8H,1-2H3;3-9H,1-2H3. The maximum absolute atomic E-state index is 13.7. The minimum Gasteiger partial charge on any atom is -0.207 e. The van der Waals surface area contributed by atoms with Crippen LogP contribution in [0.4, 0.5) is 52.7 Å². The van der Waals surface area contributed by atoms with Crippen LogP contribution in [0, 0.1) is 139 Å². The van der Waals surface area contributed by atoms with E-state index < -0.39 is 57.9 Å². The summed E-state index contributed by atoms with van der Waals surface area (Å²) in [5.74, 6) is -6.92. The Morgan fingerprint density at radius 2 is 0.463 bits per heavy atom. The summed E-state index contributed by atoms with van der Waals surface area (Å²) in [6, 6.07) is 44.4. The zero-order chi connectivity index (χ0) is 60.3. The number of halogens is 12. The Morgan fingerprint density at radius 1 is 0.183 bits per heavy atom. The normalized spacial score (nSPS) is 10.6. The summed E-state index contributed by atoms with van der Waals surface area (Å²) < 4.78 is 162. The molecule has 10 aromatic rings. The SMILES string of the molecule is Cc1cc(F)c(-c2cc(F)c(C)c(F)c2)c(F)c1.Cc1ccc(-c2cc(F)c(C)c(F)c2)c(F)c1.Cc1ccc(-c2cc(F)c(C)c(F)c2)cc1.Cc1ccc(-c2ccc(C)c(F)c2)c(F)c1.Cc1ccc(-c2ccc(C)c(F)c2)cc1. The molecule has 0 aliphatic carbocycles. The summed E-state index contributed by atoms with van der Waals surface area (Å²) in [4.78, 5) is 0. The molecule has 0 saturated heterocycles. The van der Waals surface area contributed by atoms with Crippen molar-refractivity contribution >= 4 is 0 Å². The molecule has 0 unspecified atom stereocenters. The van der Waals surface area contributed by atoms with Gasteiger partial charge in [0.25, 0.3) is 0 Å². The van der Waals surface area contributed by atoms with Gasteiger partial charge < -0.3 is 0 Å². The van der Waals surface area contributed by atoms with Crippen LogP contribution in [0.5, 0.6) is 0 Å². The fraction of sp³-hybridized carbons (Fsp3) is 0.143. The predicted octanol–water partition coefficient (Wildman–Crippen LogP) is 21.5. The van der Waals surface area contributed by atoms with E-state index >= 15 is 0 Å². The van der Waals surface area contributed by atoms with Gasteiger partial charge in [0, 0.05) is 27.8 Å². The van der Waals surface area contributed by atoms with Gasteiger partial charge in [-0.05, 0) is 209 Å².